The van der Waals surface area contributed by atoms with Gasteiger partial charge in [0.05, 0.1) is 12.8 Å². The third kappa shape index (κ3) is 3.20. The van der Waals surface area contributed by atoms with Crippen molar-refractivity contribution in [3.8, 4) is 5.75 Å². The van der Waals surface area contributed by atoms with Gasteiger partial charge < -0.3 is 10.1 Å². The van der Waals surface area contributed by atoms with Gasteiger partial charge in [-0.05, 0) is 13.0 Å². The topological polar surface area (TPSA) is 51.5 Å². The summed E-state index contributed by atoms with van der Waals surface area (Å²) >= 11 is 0. The Balaban J connectivity index is 1.95. The molecule has 126 valence electrons. The number of fused-ring (bicyclic) bond motifs is 1. The molecule has 0 radical (unpaired) electrons. The smallest absolute Gasteiger partial charge is 0.157 e. The van der Waals surface area contributed by atoms with Crippen molar-refractivity contribution < 1.29 is 4.74 Å². The molecule has 2 heterocycles. The minimum Gasteiger partial charge on any atom is -0.496 e. The SMILES string of the molecule is COc1ccccc1CNc1cc(C)nc2cc(C(C)(C)C)nn12. The van der Waals surface area contributed by atoms with Crippen molar-refractivity contribution in [1.82, 2.24) is 14.6 Å². The molecule has 24 heavy (non-hydrogen) atoms. The van der Waals surface area contributed by atoms with E-state index >= 15 is 0 Å². The molecule has 0 aliphatic carbocycles. The third-order valence-electron chi connectivity index (χ3n) is 3.98. The molecule has 0 saturated heterocycles. The first kappa shape index (κ1) is 16.3. The average Bonchev–Trinajstić information content (AvgIpc) is 2.97. The summed E-state index contributed by atoms with van der Waals surface area (Å²) in [5, 5.41) is 8.21. The highest BCUT2D eigenvalue weighted by Gasteiger charge is 2.19. The average molecular weight is 324 g/mol. The van der Waals surface area contributed by atoms with Crippen molar-refractivity contribution in [3.05, 3.63) is 53.3 Å². The molecule has 5 nitrogen and oxygen atoms in total. The molecule has 5 heteroatoms. The van der Waals surface area contributed by atoms with Gasteiger partial charge in [0.2, 0.25) is 0 Å². The highest BCUT2D eigenvalue weighted by Crippen LogP contribution is 2.24. The van der Waals surface area contributed by atoms with Gasteiger partial charge in [0.1, 0.15) is 11.6 Å². The summed E-state index contributed by atoms with van der Waals surface area (Å²) in [4.78, 5) is 4.59. The maximum atomic E-state index is 5.42. The van der Waals surface area contributed by atoms with Crippen molar-refractivity contribution >= 4 is 11.5 Å². The van der Waals surface area contributed by atoms with Crippen molar-refractivity contribution in [2.75, 3.05) is 12.4 Å². The lowest BCUT2D eigenvalue weighted by atomic mass is 9.93. The molecule has 3 aromatic rings. The molecule has 0 atom stereocenters. The lowest BCUT2D eigenvalue weighted by molar-refractivity contribution is 0.410. The Morgan fingerprint density at radius 3 is 2.62 bits per heavy atom. The van der Waals surface area contributed by atoms with E-state index in [1.807, 2.05) is 35.7 Å². The molecule has 0 saturated carbocycles. The van der Waals surface area contributed by atoms with Gasteiger partial charge in [-0.15, -0.1) is 0 Å². The van der Waals surface area contributed by atoms with E-state index in [1.54, 1.807) is 7.11 Å². The standard InChI is InChI=1S/C19H24N4O/c1-13-10-17(20-12-14-8-6-7-9-15(14)24-5)23-18(21-13)11-16(22-23)19(2,3)4/h6-11,20H,12H2,1-5H3. The maximum absolute atomic E-state index is 5.42. The van der Waals surface area contributed by atoms with Crippen LogP contribution in [0.5, 0.6) is 5.75 Å². The van der Waals surface area contributed by atoms with E-state index in [9.17, 15) is 0 Å². The summed E-state index contributed by atoms with van der Waals surface area (Å²) in [7, 11) is 1.69. The molecular weight excluding hydrogens is 300 g/mol. The minimum absolute atomic E-state index is 0.0124. The Morgan fingerprint density at radius 1 is 1.17 bits per heavy atom. The third-order valence-corrected chi connectivity index (χ3v) is 3.98. The Hall–Kier alpha value is -2.56. The highest BCUT2D eigenvalue weighted by atomic mass is 16.5. The molecular formula is C19H24N4O. The molecule has 0 aliphatic heterocycles. The maximum Gasteiger partial charge on any atom is 0.157 e. The van der Waals surface area contributed by atoms with E-state index in [2.05, 4.69) is 43.2 Å². The van der Waals surface area contributed by atoms with Crippen LogP contribution in [0.2, 0.25) is 0 Å². The number of hydrogen-bond acceptors (Lipinski definition) is 4. The summed E-state index contributed by atoms with van der Waals surface area (Å²) in [5.41, 5.74) is 3.95. The second kappa shape index (κ2) is 6.15. The number of benzene rings is 1. The number of hydrogen-bond donors (Lipinski definition) is 1. The Bertz CT molecular complexity index is 861. The summed E-state index contributed by atoms with van der Waals surface area (Å²) in [6, 6.07) is 12.1. The Kier molecular flexibility index (Phi) is 4.18. The zero-order valence-electron chi connectivity index (χ0n) is 14.9. The molecule has 3 rings (SSSR count). The molecule has 0 fully saturated rings. The van der Waals surface area contributed by atoms with Gasteiger partial charge >= 0.3 is 0 Å². The number of ether oxygens (including phenoxy) is 1. The van der Waals surface area contributed by atoms with Crippen molar-refractivity contribution in [1.29, 1.82) is 0 Å². The number of nitrogens with zero attached hydrogens (tertiary/aromatic N) is 3. The van der Waals surface area contributed by atoms with Gasteiger partial charge in [-0.3, -0.25) is 0 Å². The molecule has 0 unspecified atom stereocenters. The van der Waals surface area contributed by atoms with E-state index in [4.69, 9.17) is 9.84 Å². The summed E-state index contributed by atoms with van der Waals surface area (Å²) in [6.07, 6.45) is 0. The quantitative estimate of drug-likeness (QED) is 0.789. The number of nitrogens with one attached hydrogen (secondary N) is 1. The lowest BCUT2D eigenvalue weighted by Gasteiger charge is -2.14. The highest BCUT2D eigenvalue weighted by molar-refractivity contribution is 5.52. The molecule has 0 bridgehead atoms. The molecule has 1 N–H and O–H groups in total. The van der Waals surface area contributed by atoms with Crippen LogP contribution >= 0.6 is 0 Å². The van der Waals surface area contributed by atoms with Gasteiger partial charge in [-0.25, -0.2) is 4.98 Å². The van der Waals surface area contributed by atoms with Crippen LogP contribution in [0.15, 0.2) is 36.4 Å². The Labute approximate surface area is 142 Å². The van der Waals surface area contributed by atoms with Crippen LogP contribution in [-0.4, -0.2) is 21.7 Å². The number of methoxy groups -OCH3 is 1. The van der Waals surface area contributed by atoms with Crippen LogP contribution in [0, 0.1) is 6.92 Å². The predicted molar refractivity (Wildman–Crippen MR) is 96.7 cm³/mol. The van der Waals surface area contributed by atoms with Gasteiger partial charge in [0, 0.05) is 35.3 Å². The van der Waals surface area contributed by atoms with E-state index in [1.165, 1.54) is 0 Å². The van der Waals surface area contributed by atoms with Gasteiger partial charge in [-0.2, -0.15) is 9.61 Å². The zero-order valence-corrected chi connectivity index (χ0v) is 14.9. The van der Waals surface area contributed by atoms with E-state index < -0.39 is 0 Å². The fourth-order valence-corrected chi connectivity index (χ4v) is 2.63. The Morgan fingerprint density at radius 2 is 1.92 bits per heavy atom. The fraction of sp³-hybridized carbons (Fsp3) is 0.368. The van der Waals surface area contributed by atoms with Crippen LogP contribution < -0.4 is 10.1 Å². The molecule has 2 aromatic heterocycles. The van der Waals surface area contributed by atoms with Crippen LogP contribution in [-0.2, 0) is 12.0 Å². The minimum atomic E-state index is -0.0124. The van der Waals surface area contributed by atoms with Gasteiger partial charge in [0.15, 0.2) is 5.65 Å². The summed E-state index contributed by atoms with van der Waals surface area (Å²) < 4.78 is 7.30. The van der Waals surface area contributed by atoms with E-state index in [-0.39, 0.29) is 5.41 Å². The predicted octanol–water partition coefficient (Wildman–Crippen LogP) is 3.96. The lowest BCUT2D eigenvalue weighted by Crippen LogP contribution is -2.12. The number of anilines is 1. The number of para-hydroxylation sites is 1. The monoisotopic (exact) mass is 324 g/mol. The van der Waals surface area contributed by atoms with E-state index in [0.717, 1.165) is 34.2 Å². The molecule has 0 amide bonds. The fourth-order valence-electron chi connectivity index (χ4n) is 2.63. The van der Waals surface area contributed by atoms with Gasteiger partial charge in [-0.1, -0.05) is 39.0 Å². The first-order chi connectivity index (χ1) is 11.4. The van der Waals surface area contributed by atoms with Gasteiger partial charge in [0.25, 0.3) is 0 Å². The molecule has 1 aromatic carbocycles. The zero-order chi connectivity index (χ0) is 17.3. The molecule has 0 aliphatic rings. The first-order valence-electron chi connectivity index (χ1n) is 8.12. The first-order valence-corrected chi connectivity index (χ1v) is 8.12. The summed E-state index contributed by atoms with van der Waals surface area (Å²) in [6.45, 7) is 9.13. The second-order valence-electron chi connectivity index (χ2n) is 7.00. The number of aryl methyl sites for hydroxylation is 1. The van der Waals surface area contributed by atoms with Crippen molar-refractivity contribution in [2.45, 2.75) is 39.7 Å². The number of aromatic nitrogens is 3. The van der Waals surface area contributed by atoms with E-state index in [0.29, 0.717) is 6.54 Å². The van der Waals surface area contributed by atoms with Crippen molar-refractivity contribution in [2.24, 2.45) is 0 Å². The van der Waals surface area contributed by atoms with Crippen LogP contribution in [0.25, 0.3) is 5.65 Å². The number of rotatable bonds is 4. The van der Waals surface area contributed by atoms with Crippen molar-refractivity contribution in [3.63, 3.8) is 0 Å². The largest absolute Gasteiger partial charge is 0.496 e. The summed E-state index contributed by atoms with van der Waals surface area (Å²) in [5.74, 6) is 1.81. The molecule has 0 spiro atoms. The van der Waals surface area contributed by atoms with Crippen LogP contribution in [0.1, 0.15) is 37.7 Å². The van der Waals surface area contributed by atoms with Crippen LogP contribution in [0.4, 0.5) is 5.82 Å². The normalized spacial score (nSPS) is 11.7. The van der Waals surface area contributed by atoms with Crippen LogP contribution in [0.3, 0.4) is 0 Å². The second-order valence-corrected chi connectivity index (χ2v) is 7.00.